The Kier molecular flexibility index (Phi) is 7.03. The third kappa shape index (κ3) is 5.33. The van der Waals surface area contributed by atoms with Crippen molar-refractivity contribution in [2.45, 2.75) is 26.7 Å². The molecule has 0 aliphatic rings. The van der Waals surface area contributed by atoms with Crippen molar-refractivity contribution in [1.82, 2.24) is 4.98 Å². The van der Waals surface area contributed by atoms with Crippen LogP contribution in [0.1, 0.15) is 32.3 Å². The second-order valence-corrected chi connectivity index (χ2v) is 7.17. The Morgan fingerprint density at radius 2 is 2.04 bits per heavy atom. The molecule has 0 aliphatic carbocycles. The second-order valence-electron chi connectivity index (χ2n) is 6.14. The van der Waals surface area contributed by atoms with Gasteiger partial charge in [0.15, 0.2) is 5.13 Å². The Hall–Kier alpha value is -2.86. The predicted octanol–water partition coefficient (Wildman–Crippen LogP) is 5.53. The van der Waals surface area contributed by atoms with Gasteiger partial charge in [-0.05, 0) is 43.7 Å². The van der Waals surface area contributed by atoms with Crippen LogP contribution in [0.2, 0.25) is 0 Å². The minimum absolute atomic E-state index is 0.229. The lowest BCUT2D eigenvalue weighted by Gasteiger charge is -2.08. The van der Waals surface area contributed by atoms with Crippen molar-refractivity contribution < 1.29 is 14.3 Å². The fraction of sp³-hybridized carbons (Fsp3) is 0.273. The summed E-state index contributed by atoms with van der Waals surface area (Å²) in [6.07, 6.45) is 5.34. The normalized spacial score (nSPS) is 11.1. The third-order valence-corrected chi connectivity index (χ3v) is 4.92. The molecular formula is C22H24N2O3S. The molecule has 0 unspecified atom stereocenters. The van der Waals surface area contributed by atoms with Crippen LogP contribution in [0.3, 0.4) is 0 Å². The van der Waals surface area contributed by atoms with E-state index in [1.54, 1.807) is 6.08 Å². The molecule has 6 heteroatoms. The minimum atomic E-state index is -0.229. The van der Waals surface area contributed by atoms with Gasteiger partial charge in [-0.2, -0.15) is 0 Å². The fourth-order valence-electron chi connectivity index (χ4n) is 2.60. The highest BCUT2D eigenvalue weighted by atomic mass is 32.1. The van der Waals surface area contributed by atoms with Crippen LogP contribution in [0.25, 0.3) is 16.3 Å². The van der Waals surface area contributed by atoms with Crippen LogP contribution >= 0.6 is 11.3 Å². The van der Waals surface area contributed by atoms with Crippen molar-refractivity contribution in [3.63, 3.8) is 0 Å². The first-order valence-corrected chi connectivity index (χ1v) is 10.3. The largest absolute Gasteiger partial charge is 0.494 e. The summed E-state index contributed by atoms with van der Waals surface area (Å²) in [6.45, 7) is 5.35. The van der Waals surface area contributed by atoms with Gasteiger partial charge in [0, 0.05) is 11.6 Å². The summed E-state index contributed by atoms with van der Waals surface area (Å²) in [6, 6.07) is 13.4. The molecule has 0 atom stereocenters. The zero-order chi connectivity index (χ0) is 19.8. The topological polar surface area (TPSA) is 60.5 Å². The van der Waals surface area contributed by atoms with E-state index in [1.165, 1.54) is 17.4 Å². The molecule has 5 nitrogen and oxygen atoms in total. The molecule has 1 aromatic heterocycles. The molecule has 28 heavy (non-hydrogen) atoms. The fourth-order valence-corrected chi connectivity index (χ4v) is 3.50. The number of anilines is 1. The lowest BCUT2D eigenvalue weighted by atomic mass is 10.2. The van der Waals surface area contributed by atoms with Gasteiger partial charge in [0.1, 0.15) is 11.5 Å². The first-order valence-electron chi connectivity index (χ1n) is 9.44. The van der Waals surface area contributed by atoms with Crippen molar-refractivity contribution >= 4 is 38.7 Å². The standard InChI is InChI=1S/C22H24N2O3S/c1-3-5-14-27-19-9-7-6-8-16(19)10-13-21(25)24-22-23-18-12-11-17(26-4-2)15-20(18)28-22/h6-13,15H,3-5,14H2,1-2H3,(H,23,24,25)/b13-10+. The van der Waals surface area contributed by atoms with E-state index >= 15 is 0 Å². The number of hydrogen-bond donors (Lipinski definition) is 1. The summed E-state index contributed by atoms with van der Waals surface area (Å²) in [7, 11) is 0. The monoisotopic (exact) mass is 396 g/mol. The number of benzene rings is 2. The molecule has 0 saturated carbocycles. The van der Waals surface area contributed by atoms with E-state index in [1.807, 2.05) is 49.4 Å². The van der Waals surface area contributed by atoms with Crippen LogP contribution < -0.4 is 14.8 Å². The molecule has 0 radical (unpaired) electrons. The summed E-state index contributed by atoms with van der Waals surface area (Å²) in [5.74, 6) is 1.35. The first kappa shape index (κ1) is 19.9. The molecule has 2 aromatic carbocycles. The first-order chi connectivity index (χ1) is 13.7. The quantitative estimate of drug-likeness (QED) is 0.382. The van der Waals surface area contributed by atoms with Crippen molar-refractivity contribution in [1.29, 1.82) is 0 Å². The van der Waals surface area contributed by atoms with Gasteiger partial charge in [-0.1, -0.05) is 42.9 Å². The number of carbonyl (C=O) groups excluding carboxylic acids is 1. The second kappa shape index (κ2) is 9.90. The smallest absolute Gasteiger partial charge is 0.250 e. The summed E-state index contributed by atoms with van der Waals surface area (Å²) in [5.41, 5.74) is 1.71. The molecule has 146 valence electrons. The van der Waals surface area contributed by atoms with Crippen LogP contribution in [-0.4, -0.2) is 24.1 Å². The molecule has 0 saturated heterocycles. The zero-order valence-corrected chi connectivity index (χ0v) is 16.9. The molecule has 0 bridgehead atoms. The Morgan fingerprint density at radius 3 is 2.86 bits per heavy atom. The molecule has 3 rings (SSSR count). The van der Waals surface area contributed by atoms with Crippen LogP contribution in [-0.2, 0) is 4.79 Å². The van der Waals surface area contributed by atoms with Crippen LogP contribution in [0, 0.1) is 0 Å². The van der Waals surface area contributed by atoms with Crippen LogP contribution in [0.15, 0.2) is 48.5 Å². The van der Waals surface area contributed by atoms with Gasteiger partial charge >= 0.3 is 0 Å². The van der Waals surface area contributed by atoms with Crippen LogP contribution in [0.5, 0.6) is 11.5 Å². The molecule has 0 fully saturated rings. The number of amides is 1. The van der Waals surface area contributed by atoms with E-state index in [4.69, 9.17) is 9.47 Å². The van der Waals surface area contributed by atoms with Gasteiger partial charge in [0.2, 0.25) is 5.91 Å². The SMILES string of the molecule is CCCCOc1ccccc1/C=C/C(=O)Nc1nc2ccc(OCC)cc2s1. The van der Waals surface area contributed by atoms with Gasteiger partial charge in [-0.15, -0.1) is 0 Å². The Labute approximate surface area is 169 Å². The number of thiazole rings is 1. The molecule has 1 N–H and O–H groups in total. The average Bonchev–Trinajstić information content (AvgIpc) is 3.09. The number of nitrogens with zero attached hydrogens (tertiary/aromatic N) is 1. The lowest BCUT2D eigenvalue weighted by molar-refractivity contribution is -0.111. The number of para-hydroxylation sites is 1. The molecule has 0 spiro atoms. The molecule has 3 aromatic rings. The van der Waals surface area contributed by atoms with E-state index in [-0.39, 0.29) is 5.91 Å². The average molecular weight is 397 g/mol. The maximum atomic E-state index is 12.3. The molecule has 0 aliphatic heterocycles. The van der Waals surface area contributed by atoms with Crippen molar-refractivity contribution in [2.24, 2.45) is 0 Å². The number of aromatic nitrogens is 1. The van der Waals surface area contributed by atoms with Crippen molar-refractivity contribution in [3.05, 3.63) is 54.1 Å². The minimum Gasteiger partial charge on any atom is -0.494 e. The van der Waals surface area contributed by atoms with E-state index in [2.05, 4.69) is 17.2 Å². The number of nitrogens with one attached hydrogen (secondary N) is 1. The summed E-state index contributed by atoms with van der Waals surface area (Å²) >= 11 is 1.42. The maximum Gasteiger partial charge on any atom is 0.250 e. The van der Waals surface area contributed by atoms with Crippen molar-refractivity contribution in [3.8, 4) is 11.5 Å². The number of carbonyl (C=O) groups is 1. The Morgan fingerprint density at radius 1 is 1.18 bits per heavy atom. The van der Waals surface area contributed by atoms with Gasteiger partial charge < -0.3 is 9.47 Å². The van der Waals surface area contributed by atoms with Gasteiger partial charge in [-0.3, -0.25) is 10.1 Å². The molecule has 1 heterocycles. The lowest BCUT2D eigenvalue weighted by Crippen LogP contribution is -2.07. The number of rotatable bonds is 9. The summed E-state index contributed by atoms with van der Waals surface area (Å²) < 4.78 is 12.3. The molecular weight excluding hydrogens is 372 g/mol. The Bertz CT molecular complexity index is 965. The predicted molar refractivity (Wildman–Crippen MR) is 115 cm³/mol. The highest BCUT2D eigenvalue weighted by Crippen LogP contribution is 2.29. The van der Waals surface area contributed by atoms with Crippen LogP contribution in [0.4, 0.5) is 5.13 Å². The third-order valence-electron chi connectivity index (χ3n) is 3.99. The highest BCUT2D eigenvalue weighted by Gasteiger charge is 2.08. The highest BCUT2D eigenvalue weighted by molar-refractivity contribution is 7.22. The molecule has 1 amide bonds. The van der Waals surface area contributed by atoms with Gasteiger partial charge in [-0.25, -0.2) is 4.98 Å². The Balaban J connectivity index is 1.66. The maximum absolute atomic E-state index is 12.3. The van der Waals surface area contributed by atoms with E-state index < -0.39 is 0 Å². The number of ether oxygens (including phenoxy) is 2. The summed E-state index contributed by atoms with van der Waals surface area (Å²) in [5, 5.41) is 3.39. The van der Waals surface area contributed by atoms with E-state index in [9.17, 15) is 4.79 Å². The number of unbranched alkanes of at least 4 members (excludes halogenated alkanes) is 1. The van der Waals surface area contributed by atoms with Gasteiger partial charge in [0.05, 0.1) is 23.4 Å². The van der Waals surface area contributed by atoms with E-state index in [0.717, 1.165) is 40.1 Å². The van der Waals surface area contributed by atoms with E-state index in [0.29, 0.717) is 18.3 Å². The van der Waals surface area contributed by atoms with Crippen molar-refractivity contribution in [2.75, 3.05) is 18.5 Å². The number of fused-ring (bicyclic) bond motifs is 1. The number of hydrogen-bond acceptors (Lipinski definition) is 5. The summed E-state index contributed by atoms with van der Waals surface area (Å²) in [4.78, 5) is 16.8. The zero-order valence-electron chi connectivity index (χ0n) is 16.1. The van der Waals surface area contributed by atoms with Gasteiger partial charge in [0.25, 0.3) is 0 Å².